The van der Waals surface area contributed by atoms with Gasteiger partial charge in [-0.15, -0.1) is 11.3 Å². The minimum absolute atomic E-state index is 0.0193. The summed E-state index contributed by atoms with van der Waals surface area (Å²) in [6.45, 7) is 7.02. The van der Waals surface area contributed by atoms with E-state index in [1.54, 1.807) is 18.2 Å². The number of amides is 2. The SMILES string of the molecule is CC(C)N1CCC(N(C)CC(=O)Nc2ccc(NC(=O)c3cccs3)cc2)CC1. The lowest BCUT2D eigenvalue weighted by atomic mass is 10.0. The quantitative estimate of drug-likeness (QED) is 0.724. The topological polar surface area (TPSA) is 64.7 Å². The summed E-state index contributed by atoms with van der Waals surface area (Å²) in [5.74, 6) is -0.143. The summed E-state index contributed by atoms with van der Waals surface area (Å²) in [4.78, 5) is 29.8. The number of hydrogen-bond donors (Lipinski definition) is 2. The number of nitrogens with one attached hydrogen (secondary N) is 2. The predicted octanol–water partition coefficient (Wildman–Crippen LogP) is 3.74. The van der Waals surface area contributed by atoms with Gasteiger partial charge in [0.15, 0.2) is 0 Å². The number of likely N-dealkylation sites (tertiary alicyclic amines) is 1. The second kappa shape index (κ2) is 10.0. The largest absolute Gasteiger partial charge is 0.325 e. The molecule has 1 aromatic carbocycles. The molecule has 0 atom stereocenters. The van der Waals surface area contributed by atoms with Crippen LogP contribution in [0.3, 0.4) is 0 Å². The van der Waals surface area contributed by atoms with E-state index in [9.17, 15) is 9.59 Å². The first-order valence-electron chi connectivity index (χ1n) is 10.1. The summed E-state index contributed by atoms with van der Waals surface area (Å²) < 4.78 is 0. The molecular weight excluding hydrogens is 384 g/mol. The van der Waals surface area contributed by atoms with Crippen LogP contribution in [0.5, 0.6) is 0 Å². The van der Waals surface area contributed by atoms with Gasteiger partial charge in [0.1, 0.15) is 0 Å². The lowest BCUT2D eigenvalue weighted by Gasteiger charge is -2.38. The molecule has 1 fully saturated rings. The van der Waals surface area contributed by atoms with Gasteiger partial charge in [-0.1, -0.05) is 6.07 Å². The normalized spacial score (nSPS) is 15.6. The molecule has 0 saturated carbocycles. The highest BCUT2D eigenvalue weighted by Crippen LogP contribution is 2.18. The zero-order valence-corrected chi connectivity index (χ0v) is 18.2. The van der Waals surface area contributed by atoms with Crippen molar-refractivity contribution >= 4 is 34.5 Å². The maximum Gasteiger partial charge on any atom is 0.265 e. The van der Waals surface area contributed by atoms with E-state index in [4.69, 9.17) is 0 Å². The van der Waals surface area contributed by atoms with Crippen LogP contribution in [0.15, 0.2) is 41.8 Å². The third-order valence-electron chi connectivity index (χ3n) is 5.42. The van der Waals surface area contributed by atoms with Crippen LogP contribution >= 0.6 is 11.3 Å². The Balaban J connectivity index is 1.45. The van der Waals surface area contributed by atoms with Gasteiger partial charge in [-0.2, -0.15) is 0 Å². The van der Waals surface area contributed by atoms with E-state index in [0.717, 1.165) is 31.6 Å². The van der Waals surface area contributed by atoms with Crippen LogP contribution in [0.1, 0.15) is 36.4 Å². The number of nitrogens with zero attached hydrogens (tertiary/aromatic N) is 2. The summed E-state index contributed by atoms with van der Waals surface area (Å²) in [5.41, 5.74) is 1.43. The highest BCUT2D eigenvalue weighted by atomic mass is 32.1. The first-order chi connectivity index (χ1) is 13.9. The molecule has 0 unspecified atom stereocenters. The smallest absolute Gasteiger partial charge is 0.265 e. The highest BCUT2D eigenvalue weighted by molar-refractivity contribution is 7.12. The lowest BCUT2D eigenvalue weighted by Crippen LogP contribution is -2.47. The Morgan fingerprint density at radius 3 is 2.28 bits per heavy atom. The van der Waals surface area contributed by atoms with Gasteiger partial charge in [0, 0.05) is 23.5 Å². The molecule has 3 rings (SSSR count). The number of piperidine rings is 1. The van der Waals surface area contributed by atoms with Crippen LogP contribution in [-0.4, -0.2) is 60.4 Å². The van der Waals surface area contributed by atoms with E-state index in [2.05, 4.69) is 34.3 Å². The fourth-order valence-electron chi connectivity index (χ4n) is 3.64. The third kappa shape index (κ3) is 6.13. The molecular formula is C22H30N4O2S. The van der Waals surface area contributed by atoms with Gasteiger partial charge in [0.05, 0.1) is 11.4 Å². The van der Waals surface area contributed by atoms with Crippen molar-refractivity contribution in [2.45, 2.75) is 38.8 Å². The van der Waals surface area contributed by atoms with E-state index >= 15 is 0 Å². The van der Waals surface area contributed by atoms with Crippen LogP contribution < -0.4 is 10.6 Å². The first-order valence-corrected chi connectivity index (χ1v) is 11.0. The predicted molar refractivity (Wildman–Crippen MR) is 120 cm³/mol. The van der Waals surface area contributed by atoms with Gasteiger partial charge in [-0.25, -0.2) is 0 Å². The number of carbonyl (C=O) groups excluding carboxylic acids is 2. The average Bonchev–Trinajstić information content (AvgIpc) is 3.24. The summed E-state index contributed by atoms with van der Waals surface area (Å²) in [6, 6.07) is 11.9. The van der Waals surface area contributed by atoms with Gasteiger partial charge in [-0.3, -0.25) is 14.5 Å². The molecule has 0 bridgehead atoms. The second-order valence-corrected chi connectivity index (χ2v) is 8.78. The number of hydrogen-bond acceptors (Lipinski definition) is 5. The minimum atomic E-state index is -0.123. The van der Waals surface area contributed by atoms with Crippen LogP contribution in [-0.2, 0) is 4.79 Å². The molecule has 2 N–H and O–H groups in total. The number of benzene rings is 1. The van der Waals surface area contributed by atoms with Gasteiger partial charge in [0.2, 0.25) is 5.91 Å². The third-order valence-corrected chi connectivity index (χ3v) is 6.29. The minimum Gasteiger partial charge on any atom is -0.325 e. The Labute approximate surface area is 176 Å². The Bertz CT molecular complexity index is 797. The average molecular weight is 415 g/mol. The molecule has 1 aliphatic rings. The molecule has 29 heavy (non-hydrogen) atoms. The van der Waals surface area contributed by atoms with Gasteiger partial charge < -0.3 is 15.5 Å². The number of anilines is 2. The maximum absolute atomic E-state index is 12.4. The molecule has 1 saturated heterocycles. The molecule has 156 valence electrons. The Hall–Kier alpha value is -2.22. The molecule has 2 aromatic rings. The van der Waals surface area contributed by atoms with E-state index in [1.807, 2.05) is 30.6 Å². The van der Waals surface area contributed by atoms with Gasteiger partial charge in [0.25, 0.3) is 5.91 Å². The molecule has 0 radical (unpaired) electrons. The Morgan fingerprint density at radius 1 is 1.10 bits per heavy atom. The van der Waals surface area contributed by atoms with Crippen LogP contribution in [0.2, 0.25) is 0 Å². The van der Waals surface area contributed by atoms with Crippen LogP contribution in [0.25, 0.3) is 0 Å². The van der Waals surface area contributed by atoms with Crippen LogP contribution in [0.4, 0.5) is 11.4 Å². The monoisotopic (exact) mass is 414 g/mol. The van der Waals surface area contributed by atoms with Crippen molar-refractivity contribution in [1.82, 2.24) is 9.80 Å². The fourth-order valence-corrected chi connectivity index (χ4v) is 4.26. The van der Waals surface area contributed by atoms with Gasteiger partial charge in [-0.05, 0) is 82.5 Å². The second-order valence-electron chi connectivity index (χ2n) is 7.83. The van der Waals surface area contributed by atoms with Crippen molar-refractivity contribution in [1.29, 1.82) is 0 Å². The molecule has 2 amide bonds. The van der Waals surface area contributed by atoms with E-state index in [0.29, 0.717) is 29.2 Å². The van der Waals surface area contributed by atoms with E-state index < -0.39 is 0 Å². The summed E-state index contributed by atoms with van der Waals surface area (Å²) in [6.07, 6.45) is 2.20. The van der Waals surface area contributed by atoms with Crippen molar-refractivity contribution in [3.63, 3.8) is 0 Å². The maximum atomic E-state index is 12.4. The van der Waals surface area contributed by atoms with E-state index in [1.165, 1.54) is 11.3 Å². The molecule has 7 heteroatoms. The number of carbonyl (C=O) groups is 2. The van der Waals surface area contributed by atoms with Crippen molar-refractivity contribution in [2.75, 3.05) is 37.3 Å². The number of rotatable bonds is 7. The molecule has 6 nitrogen and oxygen atoms in total. The Morgan fingerprint density at radius 2 is 1.72 bits per heavy atom. The zero-order chi connectivity index (χ0) is 20.8. The van der Waals surface area contributed by atoms with Crippen molar-refractivity contribution in [2.24, 2.45) is 0 Å². The Kier molecular flexibility index (Phi) is 7.41. The molecule has 0 aliphatic carbocycles. The highest BCUT2D eigenvalue weighted by Gasteiger charge is 2.24. The van der Waals surface area contributed by atoms with Crippen molar-refractivity contribution in [3.8, 4) is 0 Å². The standard InChI is InChI=1S/C22H30N4O2S/c1-16(2)26-12-10-19(11-13-26)25(3)15-21(27)23-17-6-8-18(9-7-17)24-22(28)20-5-4-14-29-20/h4-9,14,16,19H,10-13,15H2,1-3H3,(H,23,27)(H,24,28). The first kappa shape index (κ1) is 21.5. The van der Waals surface area contributed by atoms with Crippen LogP contribution in [0, 0.1) is 0 Å². The van der Waals surface area contributed by atoms with E-state index in [-0.39, 0.29) is 11.8 Å². The molecule has 0 spiro atoms. The van der Waals surface area contributed by atoms with Crippen molar-refractivity contribution in [3.05, 3.63) is 46.7 Å². The summed E-state index contributed by atoms with van der Waals surface area (Å²) >= 11 is 1.40. The molecule has 2 heterocycles. The summed E-state index contributed by atoms with van der Waals surface area (Å²) in [5, 5.41) is 7.68. The number of likely N-dealkylation sites (N-methyl/N-ethyl adjacent to an activating group) is 1. The summed E-state index contributed by atoms with van der Waals surface area (Å²) in [7, 11) is 2.03. The number of thiophene rings is 1. The fraction of sp³-hybridized carbons (Fsp3) is 0.455. The molecule has 1 aliphatic heterocycles. The molecule has 1 aromatic heterocycles. The zero-order valence-electron chi connectivity index (χ0n) is 17.4. The van der Waals surface area contributed by atoms with Crippen molar-refractivity contribution < 1.29 is 9.59 Å². The van der Waals surface area contributed by atoms with Gasteiger partial charge >= 0.3 is 0 Å². The lowest BCUT2D eigenvalue weighted by molar-refractivity contribution is -0.117.